The van der Waals surface area contributed by atoms with Gasteiger partial charge in [0.05, 0.1) is 18.4 Å². The summed E-state index contributed by atoms with van der Waals surface area (Å²) in [5, 5.41) is 3.39. The van der Waals surface area contributed by atoms with Crippen molar-refractivity contribution in [2.24, 2.45) is 0 Å². The fraction of sp³-hybridized carbons (Fsp3) is 0.667. The first kappa shape index (κ1) is 14.4. The summed E-state index contributed by atoms with van der Waals surface area (Å²) < 4.78 is 5.55. The molecule has 1 saturated heterocycles. The van der Waals surface area contributed by atoms with E-state index in [1.807, 2.05) is 6.20 Å². The Morgan fingerprint density at radius 1 is 1.47 bits per heavy atom. The zero-order valence-electron chi connectivity index (χ0n) is 12.1. The molecule has 1 aromatic heterocycles. The lowest BCUT2D eigenvalue weighted by Crippen LogP contribution is -2.40. The van der Waals surface area contributed by atoms with Gasteiger partial charge in [0.2, 0.25) is 0 Å². The standard InChI is InChI=1S/C15H25N3O/c1-3-6-16-9-14-4-5-15(17-10-14)12-18-7-8-19-13(2)11-18/h4-5,10,13,16H,3,6-9,11-12H2,1-2H3. The highest BCUT2D eigenvalue weighted by Crippen LogP contribution is 2.09. The molecule has 0 radical (unpaired) electrons. The maximum atomic E-state index is 5.55. The Hall–Kier alpha value is -0.970. The molecule has 1 aliphatic heterocycles. The summed E-state index contributed by atoms with van der Waals surface area (Å²) in [5.41, 5.74) is 2.40. The van der Waals surface area contributed by atoms with E-state index in [4.69, 9.17) is 4.74 Å². The topological polar surface area (TPSA) is 37.4 Å². The van der Waals surface area contributed by atoms with Gasteiger partial charge in [-0.25, -0.2) is 0 Å². The van der Waals surface area contributed by atoms with E-state index in [1.54, 1.807) is 0 Å². The lowest BCUT2D eigenvalue weighted by atomic mass is 10.2. The number of hydrogen-bond acceptors (Lipinski definition) is 4. The molecule has 0 amide bonds. The Kier molecular flexibility index (Phi) is 5.76. The third kappa shape index (κ3) is 4.90. The minimum Gasteiger partial charge on any atom is -0.376 e. The van der Waals surface area contributed by atoms with Crippen LogP contribution in [0.4, 0.5) is 0 Å². The van der Waals surface area contributed by atoms with E-state index >= 15 is 0 Å². The molecule has 1 aliphatic rings. The van der Waals surface area contributed by atoms with Gasteiger partial charge in [0.15, 0.2) is 0 Å². The van der Waals surface area contributed by atoms with Crippen LogP contribution >= 0.6 is 0 Å². The van der Waals surface area contributed by atoms with Crippen molar-refractivity contribution in [2.75, 3.05) is 26.2 Å². The second kappa shape index (κ2) is 7.58. The van der Waals surface area contributed by atoms with Gasteiger partial charge in [-0.2, -0.15) is 0 Å². The predicted octanol–water partition coefficient (Wildman–Crippen LogP) is 1.80. The number of nitrogens with one attached hydrogen (secondary N) is 1. The van der Waals surface area contributed by atoms with Crippen molar-refractivity contribution in [1.29, 1.82) is 0 Å². The third-order valence-electron chi connectivity index (χ3n) is 3.35. The van der Waals surface area contributed by atoms with Crippen molar-refractivity contribution in [3.05, 3.63) is 29.6 Å². The second-order valence-corrected chi connectivity index (χ2v) is 5.25. The van der Waals surface area contributed by atoms with E-state index in [2.05, 4.69) is 41.2 Å². The van der Waals surface area contributed by atoms with Crippen LogP contribution in [0.3, 0.4) is 0 Å². The Morgan fingerprint density at radius 2 is 2.37 bits per heavy atom. The summed E-state index contributed by atoms with van der Waals surface area (Å²) in [6, 6.07) is 4.32. The van der Waals surface area contributed by atoms with E-state index in [0.717, 1.165) is 45.0 Å². The minimum atomic E-state index is 0.339. The molecule has 0 bridgehead atoms. The van der Waals surface area contributed by atoms with Crippen LogP contribution in [-0.2, 0) is 17.8 Å². The maximum absolute atomic E-state index is 5.55. The number of pyridine rings is 1. The van der Waals surface area contributed by atoms with Gasteiger partial charge in [-0.1, -0.05) is 13.0 Å². The third-order valence-corrected chi connectivity index (χ3v) is 3.35. The number of morpholine rings is 1. The predicted molar refractivity (Wildman–Crippen MR) is 76.9 cm³/mol. The van der Waals surface area contributed by atoms with Crippen LogP contribution in [-0.4, -0.2) is 42.2 Å². The van der Waals surface area contributed by atoms with Crippen LogP contribution in [0.25, 0.3) is 0 Å². The monoisotopic (exact) mass is 263 g/mol. The van der Waals surface area contributed by atoms with Gasteiger partial charge in [0, 0.05) is 32.4 Å². The number of ether oxygens (including phenoxy) is 1. The first-order valence-electron chi connectivity index (χ1n) is 7.26. The molecule has 4 heteroatoms. The van der Waals surface area contributed by atoms with Crippen LogP contribution < -0.4 is 5.32 Å². The molecule has 0 aliphatic carbocycles. The highest BCUT2D eigenvalue weighted by atomic mass is 16.5. The summed E-state index contributed by atoms with van der Waals surface area (Å²) in [6.45, 7) is 10.0. The molecule has 0 aromatic carbocycles. The normalized spacial score (nSPS) is 20.6. The van der Waals surface area contributed by atoms with Gasteiger partial charge < -0.3 is 10.1 Å². The number of nitrogens with zero attached hydrogens (tertiary/aromatic N) is 2. The van der Waals surface area contributed by atoms with E-state index in [-0.39, 0.29) is 0 Å². The number of rotatable bonds is 6. The molecule has 0 saturated carbocycles. The first-order chi connectivity index (χ1) is 9.28. The highest BCUT2D eigenvalue weighted by molar-refractivity contribution is 5.14. The molecule has 2 rings (SSSR count). The average Bonchev–Trinajstić information content (AvgIpc) is 2.41. The van der Waals surface area contributed by atoms with Crippen molar-refractivity contribution in [2.45, 2.75) is 39.5 Å². The molecule has 1 N–H and O–H groups in total. The highest BCUT2D eigenvalue weighted by Gasteiger charge is 2.16. The number of hydrogen-bond donors (Lipinski definition) is 1. The van der Waals surface area contributed by atoms with E-state index in [9.17, 15) is 0 Å². The smallest absolute Gasteiger partial charge is 0.0674 e. The van der Waals surface area contributed by atoms with Crippen LogP contribution in [0.15, 0.2) is 18.3 Å². The zero-order chi connectivity index (χ0) is 13.5. The molecule has 2 heterocycles. The molecule has 1 fully saturated rings. The average molecular weight is 263 g/mol. The molecular formula is C15H25N3O. The summed E-state index contributed by atoms with van der Waals surface area (Å²) in [6.07, 6.45) is 3.49. The Balaban J connectivity index is 1.81. The van der Waals surface area contributed by atoms with E-state index < -0.39 is 0 Å². The van der Waals surface area contributed by atoms with Crippen molar-refractivity contribution in [3.63, 3.8) is 0 Å². The fourth-order valence-corrected chi connectivity index (χ4v) is 2.33. The quantitative estimate of drug-likeness (QED) is 0.794. The van der Waals surface area contributed by atoms with Gasteiger partial charge in [0.1, 0.15) is 0 Å². The molecule has 0 spiro atoms. The fourth-order valence-electron chi connectivity index (χ4n) is 2.33. The van der Waals surface area contributed by atoms with Gasteiger partial charge >= 0.3 is 0 Å². The van der Waals surface area contributed by atoms with Crippen LogP contribution in [0.2, 0.25) is 0 Å². The van der Waals surface area contributed by atoms with Gasteiger partial charge in [-0.15, -0.1) is 0 Å². The molecule has 1 atom stereocenters. The SMILES string of the molecule is CCCNCc1ccc(CN2CCOC(C)C2)nc1. The van der Waals surface area contributed by atoms with E-state index in [0.29, 0.717) is 6.10 Å². The van der Waals surface area contributed by atoms with Crippen molar-refractivity contribution in [3.8, 4) is 0 Å². The van der Waals surface area contributed by atoms with Crippen LogP contribution in [0.5, 0.6) is 0 Å². The lowest BCUT2D eigenvalue weighted by molar-refractivity contribution is -0.0215. The van der Waals surface area contributed by atoms with Crippen molar-refractivity contribution < 1.29 is 4.74 Å². The van der Waals surface area contributed by atoms with Gasteiger partial charge in [-0.05, 0) is 31.5 Å². The molecule has 1 aromatic rings. The number of aromatic nitrogens is 1. The van der Waals surface area contributed by atoms with Crippen LogP contribution in [0, 0.1) is 0 Å². The zero-order valence-corrected chi connectivity index (χ0v) is 12.1. The molecule has 19 heavy (non-hydrogen) atoms. The van der Waals surface area contributed by atoms with Crippen molar-refractivity contribution >= 4 is 0 Å². The summed E-state index contributed by atoms with van der Waals surface area (Å²) in [4.78, 5) is 6.96. The minimum absolute atomic E-state index is 0.339. The summed E-state index contributed by atoms with van der Waals surface area (Å²) in [7, 11) is 0. The largest absolute Gasteiger partial charge is 0.376 e. The van der Waals surface area contributed by atoms with Crippen LogP contribution in [0.1, 0.15) is 31.5 Å². The Morgan fingerprint density at radius 3 is 3.05 bits per heavy atom. The maximum Gasteiger partial charge on any atom is 0.0674 e. The Bertz CT molecular complexity index is 366. The Labute approximate surface area is 116 Å². The van der Waals surface area contributed by atoms with Gasteiger partial charge in [0.25, 0.3) is 0 Å². The molecular weight excluding hydrogens is 238 g/mol. The second-order valence-electron chi connectivity index (χ2n) is 5.25. The van der Waals surface area contributed by atoms with Crippen molar-refractivity contribution in [1.82, 2.24) is 15.2 Å². The summed E-state index contributed by atoms with van der Waals surface area (Å²) in [5.74, 6) is 0. The lowest BCUT2D eigenvalue weighted by Gasteiger charge is -2.30. The molecule has 1 unspecified atom stereocenters. The molecule has 4 nitrogen and oxygen atoms in total. The van der Waals surface area contributed by atoms with Gasteiger partial charge in [-0.3, -0.25) is 9.88 Å². The first-order valence-corrected chi connectivity index (χ1v) is 7.26. The summed E-state index contributed by atoms with van der Waals surface area (Å²) >= 11 is 0. The van der Waals surface area contributed by atoms with E-state index in [1.165, 1.54) is 12.0 Å². The molecule has 106 valence electrons.